The Morgan fingerprint density at radius 3 is 2.26 bits per heavy atom. The predicted molar refractivity (Wildman–Crippen MR) is 77.6 cm³/mol. The molecule has 0 fully saturated rings. The van der Waals surface area contributed by atoms with Crippen LogP contribution in [0.1, 0.15) is 36.5 Å². The molecule has 0 saturated carbocycles. The fraction of sp³-hybridized carbons (Fsp3) is 0.294. The van der Waals surface area contributed by atoms with Crippen LogP contribution in [0, 0.1) is 0 Å². The monoisotopic (exact) mass is 256 g/mol. The summed E-state index contributed by atoms with van der Waals surface area (Å²) >= 11 is 0. The van der Waals surface area contributed by atoms with Gasteiger partial charge in [-0.25, -0.2) is 0 Å². The van der Waals surface area contributed by atoms with Crippen LogP contribution in [0.5, 0.6) is 11.5 Å². The molecule has 2 nitrogen and oxygen atoms in total. The van der Waals surface area contributed by atoms with Crippen molar-refractivity contribution < 1.29 is 10.2 Å². The van der Waals surface area contributed by atoms with Crippen LogP contribution in [0.15, 0.2) is 42.5 Å². The van der Waals surface area contributed by atoms with Gasteiger partial charge in [0.2, 0.25) is 0 Å². The number of aromatic hydroxyl groups is 2. The second kappa shape index (κ2) is 6.28. The van der Waals surface area contributed by atoms with Gasteiger partial charge in [0.15, 0.2) is 0 Å². The van der Waals surface area contributed by atoms with Gasteiger partial charge in [-0.3, -0.25) is 0 Å². The molecule has 2 rings (SSSR count). The van der Waals surface area contributed by atoms with Crippen molar-refractivity contribution in [2.24, 2.45) is 0 Å². The predicted octanol–water partition coefficient (Wildman–Crippen LogP) is 4.03. The van der Waals surface area contributed by atoms with E-state index in [0.29, 0.717) is 12.2 Å². The van der Waals surface area contributed by atoms with Gasteiger partial charge in [-0.15, -0.1) is 0 Å². The topological polar surface area (TPSA) is 40.5 Å². The van der Waals surface area contributed by atoms with Gasteiger partial charge in [0.05, 0.1) is 0 Å². The minimum absolute atomic E-state index is 0.268. The summed E-state index contributed by atoms with van der Waals surface area (Å²) in [6.45, 7) is 2.15. The molecule has 0 radical (unpaired) electrons. The number of aryl methyl sites for hydroxylation is 1. The molecule has 0 aliphatic carbocycles. The smallest absolute Gasteiger partial charge is 0.122 e. The number of benzene rings is 2. The van der Waals surface area contributed by atoms with E-state index in [-0.39, 0.29) is 5.75 Å². The first-order valence-electron chi connectivity index (χ1n) is 6.78. The summed E-state index contributed by atoms with van der Waals surface area (Å²) in [5.41, 5.74) is 3.05. The zero-order chi connectivity index (χ0) is 13.7. The van der Waals surface area contributed by atoms with E-state index in [4.69, 9.17) is 0 Å². The molecule has 2 N–H and O–H groups in total. The standard InChI is InChI=1S/C17H20O2/c1-2-3-5-14-6-4-7-15(17(14)19)12-13-8-10-16(18)11-9-13/h4,6-11,18-19H,2-3,5,12H2,1H3. The molecule has 0 saturated heterocycles. The van der Waals surface area contributed by atoms with E-state index in [1.165, 1.54) is 0 Å². The molecule has 0 aromatic heterocycles. The van der Waals surface area contributed by atoms with Gasteiger partial charge in [-0.05, 0) is 41.7 Å². The van der Waals surface area contributed by atoms with Gasteiger partial charge in [0.1, 0.15) is 11.5 Å². The van der Waals surface area contributed by atoms with Crippen molar-refractivity contribution in [1.82, 2.24) is 0 Å². The molecular formula is C17H20O2. The normalized spacial score (nSPS) is 10.6. The summed E-state index contributed by atoms with van der Waals surface area (Å²) in [6, 6.07) is 13.1. The maximum absolute atomic E-state index is 10.3. The molecule has 2 aromatic carbocycles. The zero-order valence-corrected chi connectivity index (χ0v) is 11.3. The average molecular weight is 256 g/mol. The quantitative estimate of drug-likeness (QED) is 0.848. The molecule has 0 unspecified atom stereocenters. The third-order valence-electron chi connectivity index (χ3n) is 3.33. The summed E-state index contributed by atoms with van der Waals surface area (Å²) < 4.78 is 0. The van der Waals surface area contributed by atoms with E-state index in [2.05, 4.69) is 6.92 Å². The van der Waals surface area contributed by atoms with Gasteiger partial charge in [-0.1, -0.05) is 43.7 Å². The molecule has 0 spiro atoms. The highest BCUT2D eigenvalue weighted by Gasteiger charge is 2.07. The van der Waals surface area contributed by atoms with Crippen LogP contribution >= 0.6 is 0 Å². The first-order valence-corrected chi connectivity index (χ1v) is 6.78. The number of unbranched alkanes of at least 4 members (excludes halogenated alkanes) is 1. The van der Waals surface area contributed by atoms with Crippen LogP contribution in [0.4, 0.5) is 0 Å². The maximum Gasteiger partial charge on any atom is 0.122 e. The van der Waals surface area contributed by atoms with Gasteiger partial charge in [-0.2, -0.15) is 0 Å². The lowest BCUT2D eigenvalue weighted by Crippen LogP contribution is -1.93. The molecule has 0 amide bonds. The van der Waals surface area contributed by atoms with E-state index in [1.807, 2.05) is 30.3 Å². The Kier molecular flexibility index (Phi) is 4.45. The van der Waals surface area contributed by atoms with E-state index < -0.39 is 0 Å². The van der Waals surface area contributed by atoms with Crippen molar-refractivity contribution >= 4 is 0 Å². The SMILES string of the molecule is CCCCc1cccc(Cc2ccc(O)cc2)c1O. The summed E-state index contributed by atoms with van der Waals surface area (Å²) in [7, 11) is 0. The lowest BCUT2D eigenvalue weighted by Gasteiger charge is -2.10. The number of phenolic OH excluding ortho intramolecular Hbond substituents is 2. The zero-order valence-electron chi connectivity index (χ0n) is 11.3. The van der Waals surface area contributed by atoms with Crippen molar-refractivity contribution in [2.75, 3.05) is 0 Å². The fourth-order valence-electron chi connectivity index (χ4n) is 2.19. The Labute approximate surface area is 114 Å². The van der Waals surface area contributed by atoms with E-state index >= 15 is 0 Å². The molecule has 100 valence electrons. The Bertz CT molecular complexity index is 529. The van der Waals surface area contributed by atoms with Gasteiger partial charge in [0, 0.05) is 6.42 Å². The molecule has 0 aliphatic heterocycles. The molecule has 19 heavy (non-hydrogen) atoms. The third kappa shape index (κ3) is 3.50. The van der Waals surface area contributed by atoms with Crippen molar-refractivity contribution in [2.45, 2.75) is 32.6 Å². The van der Waals surface area contributed by atoms with Gasteiger partial charge in [0.25, 0.3) is 0 Å². The van der Waals surface area contributed by atoms with Crippen molar-refractivity contribution in [1.29, 1.82) is 0 Å². The van der Waals surface area contributed by atoms with Crippen LogP contribution in [0.2, 0.25) is 0 Å². The highest BCUT2D eigenvalue weighted by molar-refractivity contribution is 5.43. The molecule has 2 aromatic rings. The van der Waals surface area contributed by atoms with Crippen LogP contribution in [0.25, 0.3) is 0 Å². The molecule has 0 bridgehead atoms. The minimum Gasteiger partial charge on any atom is -0.508 e. The van der Waals surface area contributed by atoms with Crippen molar-refractivity contribution in [3.63, 3.8) is 0 Å². The van der Waals surface area contributed by atoms with Crippen LogP contribution in [0.3, 0.4) is 0 Å². The molecule has 0 heterocycles. The molecule has 0 aliphatic rings. The summed E-state index contributed by atoms with van der Waals surface area (Å²) in [5.74, 6) is 0.689. The highest BCUT2D eigenvalue weighted by atomic mass is 16.3. The number of rotatable bonds is 5. The second-order valence-corrected chi connectivity index (χ2v) is 4.87. The molecule has 0 atom stereocenters. The van der Waals surface area contributed by atoms with E-state index in [1.54, 1.807) is 12.1 Å². The maximum atomic E-state index is 10.3. The lowest BCUT2D eigenvalue weighted by atomic mass is 9.99. The Hall–Kier alpha value is -1.96. The van der Waals surface area contributed by atoms with Gasteiger partial charge < -0.3 is 10.2 Å². The molecular weight excluding hydrogens is 236 g/mol. The molecule has 2 heteroatoms. The van der Waals surface area contributed by atoms with Crippen LogP contribution < -0.4 is 0 Å². The highest BCUT2D eigenvalue weighted by Crippen LogP contribution is 2.26. The summed E-state index contributed by atoms with van der Waals surface area (Å²) in [6.07, 6.45) is 3.83. The Morgan fingerprint density at radius 1 is 0.895 bits per heavy atom. The number of hydrogen-bond donors (Lipinski definition) is 2. The van der Waals surface area contributed by atoms with Crippen molar-refractivity contribution in [3.8, 4) is 11.5 Å². The largest absolute Gasteiger partial charge is 0.508 e. The van der Waals surface area contributed by atoms with E-state index in [0.717, 1.165) is 36.0 Å². The van der Waals surface area contributed by atoms with Crippen LogP contribution in [-0.2, 0) is 12.8 Å². The minimum atomic E-state index is 0.268. The first-order chi connectivity index (χ1) is 9.20. The van der Waals surface area contributed by atoms with Crippen LogP contribution in [-0.4, -0.2) is 10.2 Å². The Morgan fingerprint density at radius 2 is 1.58 bits per heavy atom. The lowest BCUT2D eigenvalue weighted by molar-refractivity contribution is 0.461. The number of hydrogen-bond acceptors (Lipinski definition) is 2. The summed E-state index contributed by atoms with van der Waals surface area (Å²) in [5, 5.41) is 19.6. The number of para-hydroxylation sites is 1. The van der Waals surface area contributed by atoms with E-state index in [9.17, 15) is 10.2 Å². The third-order valence-corrected chi connectivity index (χ3v) is 3.33. The number of phenols is 2. The first kappa shape index (κ1) is 13.5. The van der Waals surface area contributed by atoms with Gasteiger partial charge >= 0.3 is 0 Å². The fourth-order valence-corrected chi connectivity index (χ4v) is 2.19. The Balaban J connectivity index is 2.18. The second-order valence-electron chi connectivity index (χ2n) is 4.87. The van der Waals surface area contributed by atoms with Crippen molar-refractivity contribution in [3.05, 3.63) is 59.2 Å². The summed E-state index contributed by atoms with van der Waals surface area (Å²) in [4.78, 5) is 0. The average Bonchev–Trinajstić information content (AvgIpc) is 2.42.